The van der Waals surface area contributed by atoms with E-state index < -0.39 is 0 Å². The van der Waals surface area contributed by atoms with Crippen LogP contribution < -0.4 is 14.2 Å². The lowest BCUT2D eigenvalue weighted by atomic mass is 9.92. The minimum atomic E-state index is 0.289. The standard InChI is InChI=1S/C30H28O4/c1-32-25-13-14-26-23(19-25)10-5-20-6-11-24(12-7-20)34-30-18-22(9-16-29(30)33-2)4-3-21-8-15-28(31)27(26)17-21/h6-9,11-19,31H,3-5,10H2,1-2H3. The maximum absolute atomic E-state index is 10.7. The van der Waals surface area contributed by atoms with Crippen LogP contribution in [-0.2, 0) is 25.7 Å². The molecule has 0 aliphatic carbocycles. The summed E-state index contributed by atoms with van der Waals surface area (Å²) in [6, 6.07) is 26.3. The van der Waals surface area contributed by atoms with Crippen LogP contribution in [-0.4, -0.2) is 19.3 Å². The smallest absolute Gasteiger partial charge is 0.169 e. The highest BCUT2D eigenvalue weighted by Crippen LogP contribution is 2.37. The topological polar surface area (TPSA) is 47.9 Å². The van der Waals surface area contributed by atoms with Crippen LogP contribution in [0.2, 0.25) is 0 Å². The van der Waals surface area contributed by atoms with Gasteiger partial charge in [0.15, 0.2) is 11.5 Å². The molecule has 4 aromatic carbocycles. The summed E-state index contributed by atoms with van der Waals surface area (Å²) in [7, 11) is 3.34. The average Bonchev–Trinajstić information content (AvgIpc) is 2.87. The Hall–Kier alpha value is -3.92. The molecule has 0 fully saturated rings. The van der Waals surface area contributed by atoms with E-state index in [-0.39, 0.29) is 5.75 Å². The number of hydrogen-bond acceptors (Lipinski definition) is 4. The van der Waals surface area contributed by atoms with Crippen LogP contribution in [0.1, 0.15) is 22.3 Å². The summed E-state index contributed by atoms with van der Waals surface area (Å²) in [5, 5.41) is 10.7. The normalized spacial score (nSPS) is 12.9. The van der Waals surface area contributed by atoms with Crippen LogP contribution in [0.3, 0.4) is 0 Å². The molecule has 6 rings (SSSR count). The lowest BCUT2D eigenvalue weighted by Crippen LogP contribution is -1.97. The first-order valence-corrected chi connectivity index (χ1v) is 11.6. The molecule has 0 unspecified atom stereocenters. The number of benzene rings is 4. The second kappa shape index (κ2) is 9.52. The van der Waals surface area contributed by atoms with Crippen LogP contribution in [0.4, 0.5) is 0 Å². The fraction of sp³-hybridized carbons (Fsp3) is 0.200. The summed E-state index contributed by atoms with van der Waals surface area (Å²) in [6.45, 7) is 0. The number of methoxy groups -OCH3 is 2. The molecular formula is C30H28O4. The second-order valence-electron chi connectivity index (χ2n) is 8.61. The summed E-state index contributed by atoms with van der Waals surface area (Å²) >= 11 is 0. The lowest BCUT2D eigenvalue weighted by Gasteiger charge is -2.15. The Bertz CT molecular complexity index is 1310. The van der Waals surface area contributed by atoms with Crippen molar-refractivity contribution in [3.63, 3.8) is 0 Å². The van der Waals surface area contributed by atoms with Gasteiger partial charge >= 0.3 is 0 Å². The van der Waals surface area contributed by atoms with Gasteiger partial charge in [-0.1, -0.05) is 30.3 Å². The van der Waals surface area contributed by atoms with Gasteiger partial charge in [0, 0.05) is 5.56 Å². The van der Waals surface area contributed by atoms with Gasteiger partial charge in [-0.25, -0.2) is 0 Å². The minimum absolute atomic E-state index is 0.289. The van der Waals surface area contributed by atoms with E-state index in [1.165, 1.54) is 11.1 Å². The molecule has 2 aliphatic heterocycles. The summed E-state index contributed by atoms with van der Waals surface area (Å²) < 4.78 is 17.2. The van der Waals surface area contributed by atoms with Crippen LogP contribution in [0, 0.1) is 0 Å². The summed E-state index contributed by atoms with van der Waals surface area (Å²) in [6.07, 6.45) is 3.38. The van der Waals surface area contributed by atoms with E-state index >= 15 is 0 Å². The third-order valence-corrected chi connectivity index (χ3v) is 6.43. The van der Waals surface area contributed by atoms with E-state index in [2.05, 4.69) is 30.3 Å². The van der Waals surface area contributed by atoms with Crippen molar-refractivity contribution in [2.45, 2.75) is 25.7 Å². The highest BCUT2D eigenvalue weighted by Gasteiger charge is 2.14. The molecule has 2 aliphatic rings. The first-order valence-electron chi connectivity index (χ1n) is 11.6. The van der Waals surface area contributed by atoms with E-state index in [1.807, 2.05) is 42.5 Å². The molecule has 4 heteroatoms. The van der Waals surface area contributed by atoms with Crippen molar-refractivity contribution in [1.82, 2.24) is 0 Å². The maximum atomic E-state index is 10.7. The van der Waals surface area contributed by atoms with Crippen LogP contribution in [0.5, 0.6) is 28.7 Å². The number of fused-ring (bicyclic) bond motifs is 4. The van der Waals surface area contributed by atoms with Crippen molar-refractivity contribution in [1.29, 1.82) is 0 Å². The minimum Gasteiger partial charge on any atom is -0.507 e. The third kappa shape index (κ3) is 4.58. The number of phenols is 1. The number of aryl methyl sites for hydroxylation is 4. The third-order valence-electron chi connectivity index (χ3n) is 6.43. The van der Waals surface area contributed by atoms with Gasteiger partial charge in [0.1, 0.15) is 17.2 Å². The average molecular weight is 453 g/mol. The van der Waals surface area contributed by atoms with Crippen molar-refractivity contribution >= 4 is 0 Å². The van der Waals surface area contributed by atoms with Gasteiger partial charge in [-0.2, -0.15) is 0 Å². The first kappa shape index (κ1) is 21.9. The zero-order valence-corrected chi connectivity index (χ0v) is 19.5. The molecule has 0 aromatic heterocycles. The Morgan fingerprint density at radius 1 is 0.647 bits per heavy atom. The van der Waals surface area contributed by atoms with Gasteiger partial charge in [-0.3, -0.25) is 0 Å². The van der Waals surface area contributed by atoms with Crippen LogP contribution in [0.25, 0.3) is 11.1 Å². The Balaban J connectivity index is 1.61. The summed E-state index contributed by atoms with van der Waals surface area (Å²) in [4.78, 5) is 0. The van der Waals surface area contributed by atoms with Crippen LogP contribution >= 0.6 is 0 Å². The predicted octanol–water partition coefficient (Wildman–Crippen LogP) is 6.75. The SMILES string of the molecule is COc1ccc2c(c1)CCc1ccc(cc1)Oc1cc(ccc1OC)CCc1ccc(O)c-2c1. The van der Waals surface area contributed by atoms with Gasteiger partial charge < -0.3 is 19.3 Å². The van der Waals surface area contributed by atoms with E-state index in [0.29, 0.717) is 11.5 Å². The molecule has 0 radical (unpaired) electrons. The Morgan fingerprint density at radius 3 is 2.12 bits per heavy atom. The molecule has 1 N–H and O–H groups in total. The molecule has 2 heterocycles. The van der Waals surface area contributed by atoms with Crippen molar-refractivity contribution in [3.8, 4) is 39.9 Å². The zero-order chi connectivity index (χ0) is 23.5. The van der Waals surface area contributed by atoms with E-state index in [1.54, 1.807) is 20.3 Å². The predicted molar refractivity (Wildman–Crippen MR) is 134 cm³/mol. The summed E-state index contributed by atoms with van der Waals surface area (Å²) in [5.41, 5.74) is 6.59. The second-order valence-corrected chi connectivity index (χ2v) is 8.61. The van der Waals surface area contributed by atoms with Gasteiger partial charge in [-0.15, -0.1) is 0 Å². The highest BCUT2D eigenvalue weighted by molar-refractivity contribution is 5.74. The molecule has 0 amide bonds. The van der Waals surface area contributed by atoms with E-state index in [9.17, 15) is 5.11 Å². The van der Waals surface area contributed by atoms with Gasteiger partial charge in [0.05, 0.1) is 14.2 Å². The van der Waals surface area contributed by atoms with Crippen molar-refractivity contribution in [2.75, 3.05) is 14.2 Å². The zero-order valence-electron chi connectivity index (χ0n) is 19.5. The maximum Gasteiger partial charge on any atom is 0.169 e. The molecule has 0 spiro atoms. The Morgan fingerprint density at radius 2 is 1.35 bits per heavy atom. The quantitative estimate of drug-likeness (QED) is 0.365. The molecule has 34 heavy (non-hydrogen) atoms. The molecule has 4 nitrogen and oxygen atoms in total. The number of rotatable bonds is 2. The van der Waals surface area contributed by atoms with Gasteiger partial charge in [0.2, 0.25) is 0 Å². The fourth-order valence-electron chi connectivity index (χ4n) is 4.50. The Kier molecular flexibility index (Phi) is 6.13. The van der Waals surface area contributed by atoms with Crippen LogP contribution in [0.15, 0.2) is 78.9 Å². The first-order chi connectivity index (χ1) is 16.6. The molecule has 0 saturated carbocycles. The molecule has 0 atom stereocenters. The number of hydrogen-bond donors (Lipinski definition) is 1. The van der Waals surface area contributed by atoms with E-state index in [4.69, 9.17) is 14.2 Å². The summed E-state index contributed by atoms with van der Waals surface area (Å²) in [5.74, 6) is 3.31. The number of aromatic hydroxyl groups is 1. The van der Waals surface area contributed by atoms with Gasteiger partial charge in [-0.05, 0) is 102 Å². The van der Waals surface area contributed by atoms with Gasteiger partial charge in [0.25, 0.3) is 0 Å². The van der Waals surface area contributed by atoms with Crippen molar-refractivity contribution in [2.24, 2.45) is 0 Å². The molecule has 4 aromatic rings. The molecule has 6 bridgehead atoms. The van der Waals surface area contributed by atoms with Crippen molar-refractivity contribution < 1.29 is 19.3 Å². The molecule has 172 valence electrons. The lowest BCUT2D eigenvalue weighted by molar-refractivity contribution is 0.378. The molecular weight excluding hydrogens is 424 g/mol. The fourth-order valence-corrected chi connectivity index (χ4v) is 4.50. The Labute approximate surface area is 200 Å². The number of phenolic OH excluding ortho intramolecular Hbond substituents is 1. The number of ether oxygens (including phenoxy) is 3. The highest BCUT2D eigenvalue weighted by atomic mass is 16.5. The van der Waals surface area contributed by atoms with Crippen molar-refractivity contribution in [3.05, 3.63) is 101 Å². The largest absolute Gasteiger partial charge is 0.507 e. The molecule has 0 saturated heterocycles. The van der Waals surface area contributed by atoms with E-state index in [0.717, 1.165) is 59.4 Å². The monoisotopic (exact) mass is 452 g/mol.